The largest absolute Gasteiger partial charge is 0.465 e. The number of rotatable bonds is 5. The highest BCUT2D eigenvalue weighted by molar-refractivity contribution is 5.99. The van der Waals surface area contributed by atoms with Crippen LogP contribution in [0.4, 0.5) is 19.0 Å². The van der Waals surface area contributed by atoms with E-state index in [9.17, 15) is 18.4 Å². The monoisotopic (exact) mass is 571 g/mol. The number of esters is 1. The quantitative estimate of drug-likeness (QED) is 0.263. The minimum Gasteiger partial charge on any atom is -0.465 e. The van der Waals surface area contributed by atoms with Gasteiger partial charge in [-0.25, -0.2) is 32.6 Å². The number of hydrogen-bond donors (Lipinski definition) is 1. The molecule has 42 heavy (non-hydrogen) atoms. The van der Waals surface area contributed by atoms with E-state index in [0.29, 0.717) is 0 Å². The van der Waals surface area contributed by atoms with Crippen molar-refractivity contribution in [2.75, 3.05) is 12.8 Å². The number of hydrogen-bond acceptors (Lipinski definition) is 8. The summed E-state index contributed by atoms with van der Waals surface area (Å²) in [6.07, 6.45) is 1.20. The van der Waals surface area contributed by atoms with Crippen molar-refractivity contribution in [2.24, 2.45) is 0 Å². The Morgan fingerprint density at radius 3 is 2.52 bits per heavy atom. The van der Waals surface area contributed by atoms with Gasteiger partial charge >= 0.3 is 5.97 Å². The first-order valence-corrected chi connectivity index (χ1v) is 12.6. The molecule has 0 fully saturated rings. The number of carbonyl (C=O) groups excluding carboxylic acids is 1. The number of nitrogen functional groups attached to an aromatic ring is 1. The van der Waals surface area contributed by atoms with Crippen LogP contribution >= 0.6 is 0 Å². The third kappa shape index (κ3) is 4.24. The molecule has 6 aromatic rings. The molecule has 3 heterocycles. The Bertz CT molecular complexity index is 2110. The number of benzene rings is 3. The lowest BCUT2D eigenvalue weighted by Gasteiger charge is -2.17. The Labute approximate surface area is 235 Å². The average molecular weight is 572 g/mol. The Morgan fingerprint density at radius 1 is 1.00 bits per heavy atom. The molecule has 0 radical (unpaired) electrons. The summed E-state index contributed by atoms with van der Waals surface area (Å²) in [5.74, 6) is -2.89. The maximum absolute atomic E-state index is 15.3. The lowest BCUT2D eigenvalue weighted by atomic mass is 9.99. The van der Waals surface area contributed by atoms with E-state index in [4.69, 9.17) is 10.2 Å². The zero-order chi connectivity index (χ0) is 29.7. The van der Waals surface area contributed by atoms with Crippen LogP contribution in [0.3, 0.4) is 0 Å². The van der Waals surface area contributed by atoms with E-state index < -0.39 is 34.9 Å². The highest BCUT2D eigenvalue weighted by Crippen LogP contribution is 2.37. The zero-order valence-electron chi connectivity index (χ0n) is 22.1. The number of fused-ring (bicyclic) bond motifs is 2. The number of anilines is 1. The summed E-state index contributed by atoms with van der Waals surface area (Å²) in [4.78, 5) is 34.0. The van der Waals surface area contributed by atoms with Gasteiger partial charge in [0.15, 0.2) is 5.65 Å². The van der Waals surface area contributed by atoms with Crippen LogP contribution in [0.15, 0.2) is 76.2 Å². The minimum absolute atomic E-state index is 0.00252. The number of methoxy groups -OCH3 is 1. The number of carbonyl (C=O) groups is 1. The third-order valence-electron chi connectivity index (χ3n) is 6.92. The standard InChI is InChI=1S/C30H20F3N5O4/c1-14(27-22(15-5-3-6-17(31)11-15)26(39)23-19(32)7-4-8-21(23)42-27)38-29-24(28(34)35-13-36-29)25(37-38)18-10-9-16(12-20(18)33)30(40)41-2/h3-14H,1-2H3,(H2,34,35,36). The van der Waals surface area contributed by atoms with Gasteiger partial charge in [0, 0.05) is 5.56 Å². The molecule has 12 heteroatoms. The molecule has 0 aliphatic rings. The summed E-state index contributed by atoms with van der Waals surface area (Å²) < 4.78 is 56.6. The van der Waals surface area contributed by atoms with Gasteiger partial charge in [0.2, 0.25) is 5.43 Å². The molecule has 0 amide bonds. The smallest absolute Gasteiger partial charge is 0.337 e. The number of nitrogens with two attached hydrogens (primary N) is 1. The Morgan fingerprint density at radius 2 is 1.79 bits per heavy atom. The van der Waals surface area contributed by atoms with Crippen molar-refractivity contribution in [3.8, 4) is 22.4 Å². The maximum Gasteiger partial charge on any atom is 0.337 e. The van der Waals surface area contributed by atoms with Crippen molar-refractivity contribution in [2.45, 2.75) is 13.0 Å². The van der Waals surface area contributed by atoms with Gasteiger partial charge in [-0.3, -0.25) is 4.79 Å². The molecule has 0 saturated heterocycles. The first kappa shape index (κ1) is 26.7. The molecule has 0 aliphatic carbocycles. The molecule has 2 N–H and O–H groups in total. The van der Waals surface area contributed by atoms with Gasteiger partial charge in [0.1, 0.15) is 58.1 Å². The summed E-state index contributed by atoms with van der Waals surface area (Å²) in [5.41, 5.74) is 5.74. The summed E-state index contributed by atoms with van der Waals surface area (Å²) in [6, 6.07) is 12.0. The van der Waals surface area contributed by atoms with Crippen molar-refractivity contribution in [3.05, 3.63) is 106 Å². The number of nitrogens with zero attached hydrogens (tertiary/aromatic N) is 4. The first-order chi connectivity index (χ1) is 20.2. The molecule has 0 saturated carbocycles. The van der Waals surface area contributed by atoms with E-state index >= 15 is 4.39 Å². The fraction of sp³-hybridized carbons (Fsp3) is 0.100. The van der Waals surface area contributed by atoms with E-state index in [0.717, 1.165) is 18.2 Å². The van der Waals surface area contributed by atoms with Crippen molar-refractivity contribution in [3.63, 3.8) is 0 Å². The zero-order valence-corrected chi connectivity index (χ0v) is 22.1. The number of halogens is 3. The van der Waals surface area contributed by atoms with Gasteiger partial charge in [-0.05, 0) is 55.0 Å². The molecular formula is C30H20F3N5O4. The number of aromatic nitrogens is 4. The lowest BCUT2D eigenvalue weighted by molar-refractivity contribution is 0.0600. The fourth-order valence-corrected chi connectivity index (χ4v) is 4.94. The predicted molar refractivity (Wildman–Crippen MR) is 148 cm³/mol. The average Bonchev–Trinajstić information content (AvgIpc) is 3.36. The van der Waals surface area contributed by atoms with Crippen molar-refractivity contribution in [1.82, 2.24) is 19.7 Å². The second kappa shape index (κ2) is 10.1. The molecule has 1 unspecified atom stereocenters. The van der Waals surface area contributed by atoms with E-state index in [2.05, 4.69) is 19.8 Å². The van der Waals surface area contributed by atoms with E-state index in [1.165, 1.54) is 60.6 Å². The van der Waals surface area contributed by atoms with E-state index in [1.807, 2.05) is 0 Å². The van der Waals surface area contributed by atoms with Crippen LogP contribution in [0.25, 0.3) is 44.4 Å². The van der Waals surface area contributed by atoms with Gasteiger partial charge in [0.05, 0.1) is 23.6 Å². The van der Waals surface area contributed by atoms with E-state index in [-0.39, 0.29) is 61.5 Å². The van der Waals surface area contributed by atoms with Crippen LogP contribution in [-0.4, -0.2) is 32.8 Å². The van der Waals surface area contributed by atoms with Crippen LogP contribution in [0.1, 0.15) is 29.1 Å². The summed E-state index contributed by atoms with van der Waals surface area (Å²) in [5, 5.41) is 4.51. The Kier molecular flexibility index (Phi) is 6.45. The van der Waals surface area contributed by atoms with Gasteiger partial charge < -0.3 is 14.9 Å². The molecule has 1 atom stereocenters. The molecule has 0 spiro atoms. The normalized spacial score (nSPS) is 12.1. The summed E-state index contributed by atoms with van der Waals surface area (Å²) in [6.45, 7) is 1.64. The second-order valence-corrected chi connectivity index (χ2v) is 9.41. The molecule has 0 bridgehead atoms. The lowest BCUT2D eigenvalue weighted by Crippen LogP contribution is -2.17. The summed E-state index contributed by atoms with van der Waals surface area (Å²) >= 11 is 0. The van der Waals surface area contributed by atoms with Crippen molar-refractivity contribution in [1.29, 1.82) is 0 Å². The fourth-order valence-electron chi connectivity index (χ4n) is 4.94. The van der Waals surface area contributed by atoms with Crippen LogP contribution in [0, 0.1) is 17.5 Å². The van der Waals surface area contributed by atoms with Gasteiger partial charge in [0.25, 0.3) is 0 Å². The second-order valence-electron chi connectivity index (χ2n) is 9.41. The molecule has 6 rings (SSSR count). The molecule has 9 nitrogen and oxygen atoms in total. The molecule has 210 valence electrons. The molecule has 0 aliphatic heterocycles. The molecular weight excluding hydrogens is 551 g/mol. The Balaban J connectivity index is 1.62. The van der Waals surface area contributed by atoms with Gasteiger partial charge in [-0.2, -0.15) is 5.10 Å². The first-order valence-electron chi connectivity index (χ1n) is 12.6. The molecule has 3 aromatic heterocycles. The van der Waals surface area contributed by atoms with Gasteiger partial charge in [-0.1, -0.05) is 18.2 Å². The molecule has 3 aromatic carbocycles. The topological polar surface area (TPSA) is 126 Å². The van der Waals surface area contributed by atoms with Crippen LogP contribution in [-0.2, 0) is 4.74 Å². The van der Waals surface area contributed by atoms with Crippen LogP contribution in [0.5, 0.6) is 0 Å². The minimum atomic E-state index is -0.924. The Hall–Kier alpha value is -5.52. The third-order valence-corrected chi connectivity index (χ3v) is 6.92. The summed E-state index contributed by atoms with van der Waals surface area (Å²) in [7, 11) is 1.18. The SMILES string of the molecule is COC(=O)c1ccc(-c2nn(C(C)c3oc4cccc(F)c4c(=O)c3-c3cccc(F)c3)c3ncnc(N)c23)c(F)c1. The highest BCUT2D eigenvalue weighted by Gasteiger charge is 2.28. The van der Waals surface area contributed by atoms with Crippen molar-refractivity contribution >= 4 is 33.8 Å². The highest BCUT2D eigenvalue weighted by atomic mass is 19.1. The predicted octanol–water partition coefficient (Wildman–Crippen LogP) is 5.66. The number of ether oxygens (including phenoxy) is 1. The van der Waals surface area contributed by atoms with Crippen LogP contribution in [0.2, 0.25) is 0 Å². The maximum atomic E-state index is 15.3. The van der Waals surface area contributed by atoms with Crippen molar-refractivity contribution < 1.29 is 27.1 Å². The van der Waals surface area contributed by atoms with E-state index in [1.54, 1.807) is 6.92 Å². The van der Waals surface area contributed by atoms with Crippen LogP contribution < -0.4 is 11.2 Å². The van der Waals surface area contributed by atoms with Gasteiger partial charge in [-0.15, -0.1) is 0 Å².